The van der Waals surface area contributed by atoms with Gasteiger partial charge in [0.25, 0.3) is 5.91 Å². The molecule has 26 heavy (non-hydrogen) atoms. The first-order chi connectivity index (χ1) is 12.7. The molecule has 3 aromatic rings. The van der Waals surface area contributed by atoms with Gasteiger partial charge < -0.3 is 14.1 Å². The van der Waals surface area contributed by atoms with E-state index in [1.54, 1.807) is 7.11 Å². The molecule has 4 rings (SSSR count). The third kappa shape index (κ3) is 3.26. The summed E-state index contributed by atoms with van der Waals surface area (Å²) >= 11 is 0. The van der Waals surface area contributed by atoms with E-state index < -0.39 is 0 Å². The summed E-state index contributed by atoms with van der Waals surface area (Å²) in [6.07, 6.45) is 0.677. The molecule has 5 heteroatoms. The van der Waals surface area contributed by atoms with E-state index >= 15 is 0 Å². The molecule has 1 aromatic heterocycles. The molecule has 0 aliphatic carbocycles. The number of hydrogen-bond acceptors (Lipinski definition) is 4. The van der Waals surface area contributed by atoms with Gasteiger partial charge in [-0.15, -0.1) is 0 Å². The number of aromatic nitrogens is 1. The Labute approximate surface area is 152 Å². The molecule has 132 valence electrons. The zero-order chi connectivity index (χ0) is 17.9. The monoisotopic (exact) mass is 348 g/mol. The lowest BCUT2D eigenvalue weighted by Gasteiger charge is -2.25. The molecule has 0 unspecified atom stereocenters. The van der Waals surface area contributed by atoms with E-state index in [2.05, 4.69) is 4.98 Å². The summed E-state index contributed by atoms with van der Waals surface area (Å²) in [5.41, 5.74) is 3.66. The van der Waals surface area contributed by atoms with E-state index in [9.17, 15) is 4.79 Å². The van der Waals surface area contributed by atoms with E-state index in [1.165, 1.54) is 0 Å². The summed E-state index contributed by atoms with van der Waals surface area (Å²) in [6.45, 7) is 1.44. The van der Waals surface area contributed by atoms with E-state index in [0.717, 1.165) is 22.6 Å². The maximum Gasteiger partial charge on any atom is 0.254 e. The van der Waals surface area contributed by atoms with Crippen molar-refractivity contribution in [1.29, 1.82) is 0 Å². The quantitative estimate of drug-likeness (QED) is 0.722. The van der Waals surface area contributed by atoms with Gasteiger partial charge >= 0.3 is 0 Å². The first-order valence-electron chi connectivity index (χ1n) is 8.66. The molecular weight excluding hydrogens is 328 g/mol. The Bertz CT molecular complexity index is 918. The minimum absolute atomic E-state index is 0.0183. The van der Waals surface area contributed by atoms with Gasteiger partial charge in [0.05, 0.1) is 6.54 Å². The lowest BCUT2D eigenvalue weighted by Crippen LogP contribution is -2.35. The first kappa shape index (κ1) is 16.5. The van der Waals surface area contributed by atoms with Crippen molar-refractivity contribution in [1.82, 2.24) is 9.88 Å². The van der Waals surface area contributed by atoms with Crippen LogP contribution in [0.2, 0.25) is 0 Å². The number of hydrogen-bond donors (Lipinski definition) is 0. The molecule has 0 saturated heterocycles. The van der Waals surface area contributed by atoms with Crippen LogP contribution in [0, 0.1) is 0 Å². The van der Waals surface area contributed by atoms with Crippen LogP contribution in [0.1, 0.15) is 27.7 Å². The van der Waals surface area contributed by atoms with Crippen molar-refractivity contribution in [3.8, 4) is 11.1 Å². The fourth-order valence-electron chi connectivity index (χ4n) is 3.26. The first-order valence-corrected chi connectivity index (χ1v) is 8.66. The Morgan fingerprint density at radius 3 is 2.77 bits per heavy atom. The van der Waals surface area contributed by atoms with Crippen LogP contribution < -0.4 is 0 Å². The van der Waals surface area contributed by atoms with Gasteiger partial charge in [-0.2, -0.15) is 0 Å². The van der Waals surface area contributed by atoms with Crippen LogP contribution in [0.25, 0.3) is 11.1 Å². The summed E-state index contributed by atoms with van der Waals surface area (Å²) in [7, 11) is 1.61. The van der Waals surface area contributed by atoms with Crippen LogP contribution >= 0.6 is 0 Å². The molecule has 5 nitrogen and oxygen atoms in total. The molecule has 0 N–H and O–H groups in total. The summed E-state index contributed by atoms with van der Waals surface area (Å²) in [4.78, 5) is 19.2. The molecular formula is C21H20N2O3. The van der Waals surface area contributed by atoms with Crippen molar-refractivity contribution in [3.05, 3.63) is 77.5 Å². The Morgan fingerprint density at radius 1 is 1.15 bits per heavy atom. The Kier molecular flexibility index (Phi) is 4.54. The van der Waals surface area contributed by atoms with Crippen molar-refractivity contribution in [3.63, 3.8) is 0 Å². The van der Waals surface area contributed by atoms with Crippen molar-refractivity contribution in [2.24, 2.45) is 0 Å². The van der Waals surface area contributed by atoms with Crippen LogP contribution in [-0.4, -0.2) is 29.4 Å². The van der Waals surface area contributed by atoms with Gasteiger partial charge in [0.2, 0.25) is 5.89 Å². The van der Waals surface area contributed by atoms with Gasteiger partial charge in [0.15, 0.2) is 0 Å². The Balaban J connectivity index is 1.55. The third-order valence-electron chi connectivity index (χ3n) is 4.54. The summed E-state index contributed by atoms with van der Waals surface area (Å²) in [5.74, 6) is 1.45. The predicted molar refractivity (Wildman–Crippen MR) is 97.5 cm³/mol. The molecule has 0 atom stereocenters. The van der Waals surface area contributed by atoms with Gasteiger partial charge in [-0.05, 0) is 23.3 Å². The third-order valence-corrected chi connectivity index (χ3v) is 4.54. The zero-order valence-corrected chi connectivity index (χ0v) is 14.6. The number of carbonyl (C=O) groups is 1. The Morgan fingerprint density at radius 2 is 1.96 bits per heavy atom. The van der Waals surface area contributed by atoms with Gasteiger partial charge in [-0.1, -0.05) is 42.5 Å². The summed E-state index contributed by atoms with van der Waals surface area (Å²) in [5, 5.41) is 0. The number of ether oxygens (including phenoxy) is 1. The number of rotatable bonds is 4. The lowest BCUT2D eigenvalue weighted by atomic mass is 10.0. The topological polar surface area (TPSA) is 55.6 Å². The fourth-order valence-corrected chi connectivity index (χ4v) is 3.26. The van der Waals surface area contributed by atoms with E-state index in [0.29, 0.717) is 37.6 Å². The van der Waals surface area contributed by atoms with E-state index in [4.69, 9.17) is 9.15 Å². The van der Waals surface area contributed by atoms with Crippen molar-refractivity contribution < 1.29 is 13.9 Å². The number of nitrogens with zero attached hydrogens (tertiary/aromatic N) is 2. The molecule has 0 bridgehead atoms. The predicted octanol–water partition coefficient (Wildman–Crippen LogP) is 3.69. The average molecular weight is 348 g/mol. The zero-order valence-electron chi connectivity index (χ0n) is 14.6. The van der Waals surface area contributed by atoms with Crippen molar-refractivity contribution in [2.45, 2.75) is 19.6 Å². The smallest absolute Gasteiger partial charge is 0.254 e. The normalized spacial score (nSPS) is 13.5. The molecule has 0 saturated carbocycles. The number of benzene rings is 2. The molecule has 0 radical (unpaired) electrons. The Hall–Kier alpha value is -2.92. The van der Waals surface area contributed by atoms with E-state index in [1.807, 2.05) is 59.5 Å². The second-order valence-electron chi connectivity index (χ2n) is 6.33. The molecule has 1 aliphatic rings. The van der Waals surface area contributed by atoms with Crippen molar-refractivity contribution in [2.75, 3.05) is 13.7 Å². The number of carbonyl (C=O) groups excluding carboxylic acids is 1. The fraction of sp³-hybridized carbons (Fsp3) is 0.238. The van der Waals surface area contributed by atoms with E-state index in [-0.39, 0.29) is 5.91 Å². The van der Waals surface area contributed by atoms with Crippen LogP contribution in [0.3, 0.4) is 0 Å². The minimum atomic E-state index is 0.0183. The van der Waals surface area contributed by atoms with Gasteiger partial charge in [0.1, 0.15) is 18.1 Å². The molecule has 1 amide bonds. The highest BCUT2D eigenvalue weighted by molar-refractivity contribution is 5.95. The van der Waals surface area contributed by atoms with Crippen LogP contribution in [0.5, 0.6) is 0 Å². The highest BCUT2D eigenvalue weighted by Crippen LogP contribution is 2.24. The summed E-state index contributed by atoms with van der Waals surface area (Å²) in [6, 6.07) is 17.8. The molecule has 1 aliphatic heterocycles. The SMILES string of the molecule is COCc1nc2c(o1)CCN(C(=O)c1cccc(-c3ccccc3)c1)C2. The minimum Gasteiger partial charge on any atom is -0.443 e. The molecule has 2 heterocycles. The van der Waals surface area contributed by atoms with Gasteiger partial charge in [-0.25, -0.2) is 4.98 Å². The van der Waals surface area contributed by atoms with Crippen LogP contribution in [0.4, 0.5) is 0 Å². The van der Waals surface area contributed by atoms with Gasteiger partial charge in [0, 0.05) is 25.6 Å². The molecule has 0 fully saturated rings. The highest BCUT2D eigenvalue weighted by Gasteiger charge is 2.26. The number of amides is 1. The standard InChI is InChI=1S/C21H20N2O3/c1-25-14-20-22-18-13-23(11-10-19(18)26-20)21(24)17-9-5-8-16(12-17)15-6-3-2-4-7-15/h2-9,12H,10-11,13-14H2,1H3. The molecule has 0 spiro atoms. The summed E-state index contributed by atoms with van der Waals surface area (Å²) < 4.78 is 10.8. The van der Waals surface area contributed by atoms with Crippen LogP contribution in [0.15, 0.2) is 59.0 Å². The molecule has 2 aromatic carbocycles. The second-order valence-corrected chi connectivity index (χ2v) is 6.33. The lowest BCUT2D eigenvalue weighted by molar-refractivity contribution is 0.0727. The maximum absolute atomic E-state index is 13.0. The van der Waals surface area contributed by atoms with Crippen molar-refractivity contribution >= 4 is 5.91 Å². The number of methoxy groups -OCH3 is 1. The van der Waals surface area contributed by atoms with Gasteiger partial charge in [-0.3, -0.25) is 4.79 Å². The average Bonchev–Trinajstić information content (AvgIpc) is 3.10. The maximum atomic E-state index is 13.0. The number of oxazole rings is 1. The second kappa shape index (κ2) is 7.14. The largest absolute Gasteiger partial charge is 0.443 e. The number of fused-ring (bicyclic) bond motifs is 1. The van der Waals surface area contributed by atoms with Crippen LogP contribution in [-0.2, 0) is 24.3 Å². The highest BCUT2D eigenvalue weighted by atomic mass is 16.5.